The van der Waals surface area contributed by atoms with Crippen molar-refractivity contribution in [3.05, 3.63) is 40.0 Å². The van der Waals surface area contributed by atoms with Gasteiger partial charge in [-0.3, -0.25) is 10.1 Å². The molecule has 1 aromatic rings. The Morgan fingerprint density at radius 2 is 2.29 bits per heavy atom. The fourth-order valence-electron chi connectivity index (χ4n) is 1.28. The molecule has 1 aromatic carbocycles. The van der Waals surface area contributed by atoms with E-state index in [1.165, 1.54) is 24.3 Å². The van der Waals surface area contributed by atoms with Gasteiger partial charge in [-0.15, -0.1) is 0 Å². The van der Waals surface area contributed by atoms with Crippen LogP contribution in [-0.2, 0) is 0 Å². The SMILES string of the molecule is O=[N+]([O-])c1ccc2c(c1)C(O)=CCO2. The fraction of sp³-hybridized carbons (Fsp3) is 0.111. The van der Waals surface area contributed by atoms with E-state index < -0.39 is 4.92 Å². The zero-order valence-corrected chi connectivity index (χ0v) is 7.14. The maximum atomic E-state index is 10.5. The molecule has 5 heteroatoms. The molecule has 0 fully saturated rings. The van der Waals surface area contributed by atoms with Crippen molar-refractivity contribution in [2.24, 2.45) is 0 Å². The van der Waals surface area contributed by atoms with Gasteiger partial charge < -0.3 is 9.84 Å². The molecule has 0 aromatic heterocycles. The first-order valence-corrected chi connectivity index (χ1v) is 3.99. The van der Waals surface area contributed by atoms with Crippen LogP contribution in [0.15, 0.2) is 24.3 Å². The molecule has 0 atom stereocenters. The van der Waals surface area contributed by atoms with Crippen molar-refractivity contribution in [3.8, 4) is 5.75 Å². The van der Waals surface area contributed by atoms with E-state index in [0.717, 1.165) is 0 Å². The van der Waals surface area contributed by atoms with Crippen molar-refractivity contribution in [2.45, 2.75) is 0 Å². The molecule has 14 heavy (non-hydrogen) atoms. The van der Waals surface area contributed by atoms with Crippen molar-refractivity contribution in [2.75, 3.05) is 6.61 Å². The van der Waals surface area contributed by atoms with Crippen LogP contribution in [0.5, 0.6) is 5.75 Å². The Kier molecular flexibility index (Phi) is 1.85. The van der Waals surface area contributed by atoms with Crippen LogP contribution in [0.2, 0.25) is 0 Å². The van der Waals surface area contributed by atoms with Gasteiger partial charge in [-0.2, -0.15) is 0 Å². The van der Waals surface area contributed by atoms with Crippen LogP contribution in [0.25, 0.3) is 5.76 Å². The number of rotatable bonds is 1. The van der Waals surface area contributed by atoms with Crippen LogP contribution in [0.3, 0.4) is 0 Å². The molecule has 0 spiro atoms. The Morgan fingerprint density at radius 3 is 3.00 bits per heavy atom. The summed E-state index contributed by atoms with van der Waals surface area (Å²) in [6, 6.07) is 4.12. The van der Waals surface area contributed by atoms with E-state index in [9.17, 15) is 15.2 Å². The molecule has 2 rings (SSSR count). The van der Waals surface area contributed by atoms with E-state index in [1.54, 1.807) is 0 Å². The number of nitro groups is 1. The maximum Gasteiger partial charge on any atom is 0.270 e. The number of nitrogens with zero attached hydrogens (tertiary/aromatic N) is 1. The number of aliphatic hydroxyl groups is 1. The third kappa shape index (κ3) is 1.28. The summed E-state index contributed by atoms with van der Waals surface area (Å²) < 4.78 is 5.17. The van der Waals surface area contributed by atoms with Crippen molar-refractivity contribution in [3.63, 3.8) is 0 Å². The quantitative estimate of drug-likeness (QED) is 0.546. The number of nitro benzene ring substituents is 1. The van der Waals surface area contributed by atoms with Crippen LogP contribution in [0.1, 0.15) is 5.56 Å². The maximum absolute atomic E-state index is 10.5. The lowest BCUT2D eigenvalue weighted by molar-refractivity contribution is -0.384. The van der Waals surface area contributed by atoms with Gasteiger partial charge in [0.25, 0.3) is 5.69 Å². The third-order valence-electron chi connectivity index (χ3n) is 1.97. The summed E-state index contributed by atoms with van der Waals surface area (Å²) >= 11 is 0. The summed E-state index contributed by atoms with van der Waals surface area (Å²) in [5.41, 5.74) is 0.305. The Bertz CT molecular complexity index is 425. The number of hydrogen-bond acceptors (Lipinski definition) is 4. The molecular formula is C9H7NO4. The van der Waals surface area contributed by atoms with Gasteiger partial charge in [0.2, 0.25) is 0 Å². The zero-order chi connectivity index (χ0) is 10.1. The molecule has 1 N–H and O–H groups in total. The number of ether oxygens (including phenoxy) is 1. The Balaban J connectivity index is 2.53. The van der Waals surface area contributed by atoms with Crippen molar-refractivity contribution in [1.82, 2.24) is 0 Å². The second-order valence-corrected chi connectivity index (χ2v) is 2.84. The van der Waals surface area contributed by atoms with Gasteiger partial charge in [-0.05, 0) is 12.1 Å². The largest absolute Gasteiger partial charge is 0.507 e. The topological polar surface area (TPSA) is 72.6 Å². The molecule has 0 saturated carbocycles. The Hall–Kier alpha value is -2.04. The minimum Gasteiger partial charge on any atom is -0.507 e. The van der Waals surface area contributed by atoms with Crippen LogP contribution in [0, 0.1) is 10.1 Å². The Morgan fingerprint density at radius 1 is 1.50 bits per heavy atom. The fourth-order valence-corrected chi connectivity index (χ4v) is 1.28. The van der Waals surface area contributed by atoms with Crippen molar-refractivity contribution < 1.29 is 14.8 Å². The standard InChI is InChI=1S/C9H7NO4/c11-8-3-4-14-9-2-1-6(10(12)13)5-7(8)9/h1-3,5,11H,4H2. The van der Waals surface area contributed by atoms with Crippen molar-refractivity contribution in [1.29, 1.82) is 0 Å². The number of aliphatic hydroxyl groups excluding tert-OH is 1. The van der Waals surface area contributed by atoms with E-state index >= 15 is 0 Å². The monoisotopic (exact) mass is 193 g/mol. The molecule has 0 aliphatic carbocycles. The first kappa shape index (κ1) is 8.55. The average Bonchev–Trinajstić information content (AvgIpc) is 2.18. The molecule has 0 radical (unpaired) electrons. The summed E-state index contributed by atoms with van der Waals surface area (Å²) in [6.07, 6.45) is 1.46. The van der Waals surface area contributed by atoms with Crippen molar-refractivity contribution >= 4 is 11.4 Å². The molecule has 0 saturated heterocycles. The molecule has 72 valence electrons. The van der Waals surface area contributed by atoms with Crippen LogP contribution in [0.4, 0.5) is 5.69 Å². The van der Waals surface area contributed by atoms with Gasteiger partial charge in [0.05, 0.1) is 10.5 Å². The van der Waals surface area contributed by atoms with Crippen LogP contribution >= 0.6 is 0 Å². The predicted octanol–water partition coefficient (Wildman–Crippen LogP) is 1.89. The highest BCUT2D eigenvalue weighted by Crippen LogP contribution is 2.31. The van der Waals surface area contributed by atoms with E-state index in [0.29, 0.717) is 11.3 Å². The third-order valence-corrected chi connectivity index (χ3v) is 1.97. The molecular weight excluding hydrogens is 186 g/mol. The van der Waals surface area contributed by atoms with E-state index in [2.05, 4.69) is 0 Å². The van der Waals surface area contributed by atoms with E-state index in [-0.39, 0.29) is 18.1 Å². The molecule has 1 aliphatic rings. The molecule has 0 unspecified atom stereocenters. The molecule has 1 aliphatic heterocycles. The number of non-ortho nitro benzene ring substituents is 1. The van der Waals surface area contributed by atoms with Crippen LogP contribution in [-0.4, -0.2) is 16.6 Å². The zero-order valence-electron chi connectivity index (χ0n) is 7.14. The van der Waals surface area contributed by atoms with E-state index in [1.807, 2.05) is 0 Å². The van der Waals surface area contributed by atoms with E-state index in [4.69, 9.17) is 4.74 Å². The summed E-state index contributed by atoms with van der Waals surface area (Å²) in [5.74, 6) is 0.491. The normalized spacial score (nSPS) is 13.9. The number of hydrogen-bond donors (Lipinski definition) is 1. The second kappa shape index (κ2) is 3.02. The van der Waals surface area contributed by atoms with Gasteiger partial charge in [-0.1, -0.05) is 0 Å². The van der Waals surface area contributed by atoms with Gasteiger partial charge in [-0.25, -0.2) is 0 Å². The lowest BCUT2D eigenvalue weighted by atomic mass is 10.1. The lowest BCUT2D eigenvalue weighted by Gasteiger charge is -2.14. The number of benzene rings is 1. The first-order chi connectivity index (χ1) is 6.68. The lowest BCUT2D eigenvalue weighted by Crippen LogP contribution is -2.04. The summed E-state index contributed by atoms with van der Waals surface area (Å²) in [4.78, 5) is 9.95. The highest BCUT2D eigenvalue weighted by Gasteiger charge is 2.16. The molecule has 0 amide bonds. The van der Waals surface area contributed by atoms with Gasteiger partial charge in [0.1, 0.15) is 18.1 Å². The van der Waals surface area contributed by atoms with Gasteiger partial charge in [0.15, 0.2) is 0 Å². The molecule has 5 nitrogen and oxygen atoms in total. The number of fused-ring (bicyclic) bond motifs is 1. The molecule has 0 bridgehead atoms. The minimum absolute atomic E-state index is 0.0231. The van der Waals surface area contributed by atoms with Gasteiger partial charge in [0, 0.05) is 12.1 Å². The minimum atomic E-state index is -0.512. The summed E-state index contributed by atoms with van der Waals surface area (Å²) in [6.45, 7) is 0.288. The summed E-state index contributed by atoms with van der Waals surface area (Å²) in [5, 5.41) is 19.9. The smallest absolute Gasteiger partial charge is 0.270 e. The highest BCUT2D eigenvalue weighted by atomic mass is 16.6. The molecule has 1 heterocycles. The highest BCUT2D eigenvalue weighted by molar-refractivity contribution is 5.68. The summed E-state index contributed by atoms with van der Waals surface area (Å²) in [7, 11) is 0. The second-order valence-electron chi connectivity index (χ2n) is 2.84. The Labute approximate surface area is 79.4 Å². The van der Waals surface area contributed by atoms with Crippen LogP contribution < -0.4 is 4.74 Å². The predicted molar refractivity (Wildman–Crippen MR) is 49.2 cm³/mol. The average molecular weight is 193 g/mol. The first-order valence-electron chi connectivity index (χ1n) is 3.99. The van der Waals surface area contributed by atoms with Gasteiger partial charge >= 0.3 is 0 Å².